The van der Waals surface area contributed by atoms with E-state index in [4.69, 9.17) is 0 Å². The zero-order chi connectivity index (χ0) is 24.7. The minimum Gasteiger partial charge on any atom is -0.396 e. The zero-order valence-electron chi connectivity index (χ0n) is 18.9. The van der Waals surface area contributed by atoms with Gasteiger partial charge in [0.25, 0.3) is 5.91 Å². The summed E-state index contributed by atoms with van der Waals surface area (Å²) >= 11 is 0. The number of rotatable bonds is 5. The van der Waals surface area contributed by atoms with Crippen LogP contribution < -0.4 is 5.32 Å². The highest BCUT2D eigenvalue weighted by molar-refractivity contribution is 6.05. The maximum absolute atomic E-state index is 13.4. The molecule has 0 spiro atoms. The molecule has 2 aromatic heterocycles. The monoisotopic (exact) mass is 476 g/mol. The first kappa shape index (κ1) is 24.2. The van der Waals surface area contributed by atoms with Gasteiger partial charge in [-0.2, -0.15) is 18.3 Å². The molecule has 7 nitrogen and oxygen atoms in total. The van der Waals surface area contributed by atoms with E-state index in [0.717, 1.165) is 44.0 Å². The molecule has 0 radical (unpaired) electrons. The van der Waals surface area contributed by atoms with Gasteiger partial charge in [0.1, 0.15) is 5.69 Å². The molecule has 34 heavy (non-hydrogen) atoms. The summed E-state index contributed by atoms with van der Waals surface area (Å²) in [5.41, 5.74) is -2.15. The third-order valence-electron chi connectivity index (χ3n) is 6.35. The van der Waals surface area contributed by atoms with Gasteiger partial charge in [-0.1, -0.05) is 0 Å². The molecule has 2 heterocycles. The van der Waals surface area contributed by atoms with Crippen molar-refractivity contribution in [2.75, 3.05) is 11.9 Å². The van der Waals surface area contributed by atoms with Crippen LogP contribution in [-0.2, 0) is 11.8 Å². The lowest BCUT2D eigenvalue weighted by atomic mass is 9.87. The molecule has 1 aromatic carbocycles. The standard InChI is InChI=1S/C24H27F3N4O3/c1-23(2,34)18-11-19-15(12-31(30-19)16-7-5-14(13-32)6-8-16)10-20(18)29-22(33)21-17(24(25,26)27)4-3-9-28-21/h3-4,9-12,14,16,32,34H,5-8,13H2,1-2H3,(H,29,33). The van der Waals surface area contributed by atoms with Gasteiger partial charge in [0, 0.05) is 35.6 Å². The lowest BCUT2D eigenvalue weighted by Gasteiger charge is -2.27. The van der Waals surface area contributed by atoms with Gasteiger partial charge < -0.3 is 15.5 Å². The number of hydrogen-bond acceptors (Lipinski definition) is 5. The van der Waals surface area contributed by atoms with E-state index < -0.39 is 28.9 Å². The Hall–Kier alpha value is -2.98. The normalized spacial score (nSPS) is 19.4. The summed E-state index contributed by atoms with van der Waals surface area (Å²) in [4.78, 5) is 16.5. The predicted octanol–water partition coefficient (Wildman–Crippen LogP) is 4.65. The topological polar surface area (TPSA) is 100 Å². The molecule has 3 N–H and O–H groups in total. The first-order valence-electron chi connectivity index (χ1n) is 11.2. The van der Waals surface area contributed by atoms with Gasteiger partial charge in [-0.3, -0.25) is 14.5 Å². The summed E-state index contributed by atoms with van der Waals surface area (Å²) in [5, 5.41) is 27.9. The van der Waals surface area contributed by atoms with E-state index in [1.54, 1.807) is 12.1 Å². The van der Waals surface area contributed by atoms with E-state index in [1.807, 2.05) is 10.9 Å². The third-order valence-corrected chi connectivity index (χ3v) is 6.35. The Kier molecular flexibility index (Phi) is 6.39. The van der Waals surface area contributed by atoms with Crippen molar-refractivity contribution in [2.45, 2.75) is 57.3 Å². The van der Waals surface area contributed by atoms with Crippen molar-refractivity contribution in [3.8, 4) is 0 Å². The summed E-state index contributed by atoms with van der Waals surface area (Å²) in [7, 11) is 0. The highest BCUT2D eigenvalue weighted by Crippen LogP contribution is 2.36. The molecule has 1 aliphatic rings. The number of carbonyl (C=O) groups excluding carboxylic acids is 1. The minimum atomic E-state index is -4.74. The van der Waals surface area contributed by atoms with Crippen LogP contribution >= 0.6 is 0 Å². The summed E-state index contributed by atoms with van der Waals surface area (Å²) in [5.74, 6) is -0.717. The fraction of sp³-hybridized carbons (Fsp3) is 0.458. The number of amides is 1. The second kappa shape index (κ2) is 8.99. The van der Waals surface area contributed by atoms with Gasteiger partial charge in [0.05, 0.1) is 22.7 Å². The van der Waals surface area contributed by atoms with E-state index in [-0.39, 0.29) is 18.3 Å². The van der Waals surface area contributed by atoms with Crippen LogP contribution in [0.4, 0.5) is 18.9 Å². The number of fused-ring (bicyclic) bond motifs is 1. The summed E-state index contributed by atoms with van der Waals surface area (Å²) in [6.07, 6.45) is 1.78. The molecule has 0 bridgehead atoms. The fourth-order valence-corrected chi connectivity index (χ4v) is 4.48. The van der Waals surface area contributed by atoms with Crippen molar-refractivity contribution < 1.29 is 28.2 Å². The fourth-order valence-electron chi connectivity index (χ4n) is 4.48. The largest absolute Gasteiger partial charge is 0.418 e. The smallest absolute Gasteiger partial charge is 0.396 e. The number of carbonyl (C=O) groups is 1. The maximum atomic E-state index is 13.4. The number of nitrogens with one attached hydrogen (secondary N) is 1. The molecular weight excluding hydrogens is 449 g/mol. The number of nitrogens with zero attached hydrogens (tertiary/aromatic N) is 3. The maximum Gasteiger partial charge on any atom is 0.418 e. The molecule has 0 saturated heterocycles. The quantitative estimate of drug-likeness (QED) is 0.498. The molecule has 4 rings (SSSR count). The lowest BCUT2D eigenvalue weighted by molar-refractivity contribution is -0.138. The number of alkyl halides is 3. The number of halogens is 3. The van der Waals surface area contributed by atoms with E-state index >= 15 is 0 Å². The second-order valence-electron chi connectivity index (χ2n) is 9.33. The van der Waals surface area contributed by atoms with Crippen molar-refractivity contribution in [1.82, 2.24) is 14.8 Å². The van der Waals surface area contributed by atoms with Gasteiger partial charge in [0.2, 0.25) is 0 Å². The molecule has 1 aliphatic carbocycles. The van der Waals surface area contributed by atoms with Crippen LogP contribution in [0, 0.1) is 5.92 Å². The Labute approximate surface area is 194 Å². The number of aromatic nitrogens is 3. The van der Waals surface area contributed by atoms with Crippen molar-refractivity contribution in [2.24, 2.45) is 5.92 Å². The number of aliphatic hydroxyl groups is 2. The van der Waals surface area contributed by atoms with Crippen LogP contribution in [0.1, 0.15) is 67.2 Å². The van der Waals surface area contributed by atoms with Gasteiger partial charge >= 0.3 is 6.18 Å². The minimum absolute atomic E-state index is 0.168. The SMILES string of the molecule is CC(C)(O)c1cc2nn(C3CCC(CO)CC3)cc2cc1NC(=O)c1ncccc1C(F)(F)F. The average molecular weight is 476 g/mol. The molecule has 3 aromatic rings. The van der Waals surface area contributed by atoms with E-state index in [0.29, 0.717) is 22.4 Å². The van der Waals surface area contributed by atoms with Gasteiger partial charge in [-0.15, -0.1) is 0 Å². The first-order chi connectivity index (χ1) is 16.0. The Balaban J connectivity index is 1.69. The molecule has 182 valence electrons. The van der Waals surface area contributed by atoms with Crippen molar-refractivity contribution in [1.29, 1.82) is 0 Å². The predicted molar refractivity (Wildman–Crippen MR) is 120 cm³/mol. The summed E-state index contributed by atoms with van der Waals surface area (Å²) in [6.45, 7) is 3.23. The third kappa shape index (κ3) is 4.92. The van der Waals surface area contributed by atoms with Crippen LogP contribution in [-0.4, -0.2) is 37.5 Å². The molecule has 0 aliphatic heterocycles. The number of hydrogen-bond donors (Lipinski definition) is 3. The van der Waals surface area contributed by atoms with Gasteiger partial charge in [-0.25, -0.2) is 0 Å². The molecule has 10 heteroatoms. The van der Waals surface area contributed by atoms with Gasteiger partial charge in [-0.05, 0) is 69.7 Å². The molecule has 1 fully saturated rings. The number of benzene rings is 1. The van der Waals surface area contributed by atoms with E-state index in [2.05, 4.69) is 15.4 Å². The molecular formula is C24H27F3N4O3. The van der Waals surface area contributed by atoms with E-state index in [9.17, 15) is 28.2 Å². The number of aliphatic hydroxyl groups excluding tert-OH is 1. The van der Waals surface area contributed by atoms with Crippen LogP contribution in [0.2, 0.25) is 0 Å². The highest BCUT2D eigenvalue weighted by atomic mass is 19.4. The molecule has 1 saturated carbocycles. The Morgan fingerprint density at radius 1 is 1.18 bits per heavy atom. The zero-order valence-corrected chi connectivity index (χ0v) is 18.9. The Morgan fingerprint density at radius 3 is 2.50 bits per heavy atom. The molecule has 1 amide bonds. The second-order valence-corrected chi connectivity index (χ2v) is 9.33. The van der Waals surface area contributed by atoms with Crippen LogP contribution in [0.15, 0.2) is 36.7 Å². The van der Waals surface area contributed by atoms with E-state index in [1.165, 1.54) is 13.8 Å². The number of anilines is 1. The van der Waals surface area contributed by atoms with Crippen LogP contribution in [0.5, 0.6) is 0 Å². The molecule has 0 unspecified atom stereocenters. The summed E-state index contributed by atoms with van der Waals surface area (Å²) in [6, 6.07) is 5.35. The molecule has 0 atom stereocenters. The van der Waals surface area contributed by atoms with Crippen molar-refractivity contribution >= 4 is 22.5 Å². The highest BCUT2D eigenvalue weighted by Gasteiger charge is 2.36. The first-order valence-corrected chi connectivity index (χ1v) is 11.2. The van der Waals surface area contributed by atoms with Crippen molar-refractivity contribution in [3.63, 3.8) is 0 Å². The van der Waals surface area contributed by atoms with Crippen molar-refractivity contribution in [3.05, 3.63) is 53.5 Å². The summed E-state index contributed by atoms with van der Waals surface area (Å²) < 4.78 is 42.0. The Bertz CT molecular complexity index is 1190. The van der Waals surface area contributed by atoms with Crippen LogP contribution in [0.25, 0.3) is 10.9 Å². The van der Waals surface area contributed by atoms with Gasteiger partial charge in [0.15, 0.2) is 0 Å². The average Bonchev–Trinajstić information content (AvgIpc) is 3.20. The van der Waals surface area contributed by atoms with Crippen LogP contribution in [0.3, 0.4) is 0 Å². The lowest BCUT2D eigenvalue weighted by Crippen LogP contribution is -2.23. The number of pyridine rings is 1. The Morgan fingerprint density at radius 2 is 1.88 bits per heavy atom.